The van der Waals surface area contributed by atoms with E-state index >= 15 is 0 Å². The van der Waals surface area contributed by atoms with Gasteiger partial charge in [-0.05, 0) is 29.8 Å². The van der Waals surface area contributed by atoms with Crippen LogP contribution in [-0.4, -0.2) is 45.5 Å². The molecule has 1 heterocycles. The standard InChI is InChI=1S/C20H21FN4O2S/c1-24(12-14-8-10-15(21)11-9-14)18(26)13-28-20-23-22-19(25(20)2)16-6-4-5-7-17(16)27-3/h4-11H,12-13H2,1-3H3. The highest BCUT2D eigenvalue weighted by Gasteiger charge is 2.17. The third-order valence-corrected chi connectivity index (χ3v) is 5.27. The maximum absolute atomic E-state index is 13.0. The zero-order chi connectivity index (χ0) is 20.1. The van der Waals surface area contributed by atoms with Crippen LogP contribution in [0.15, 0.2) is 53.7 Å². The maximum atomic E-state index is 13.0. The minimum Gasteiger partial charge on any atom is -0.496 e. The number of aromatic nitrogens is 3. The molecule has 0 atom stereocenters. The molecular weight excluding hydrogens is 379 g/mol. The number of hydrogen-bond acceptors (Lipinski definition) is 5. The molecule has 0 saturated heterocycles. The molecule has 8 heteroatoms. The summed E-state index contributed by atoms with van der Waals surface area (Å²) in [5.74, 6) is 1.28. The summed E-state index contributed by atoms with van der Waals surface area (Å²) < 4.78 is 20.2. The second kappa shape index (κ2) is 8.88. The lowest BCUT2D eigenvalue weighted by atomic mass is 10.2. The third kappa shape index (κ3) is 4.51. The van der Waals surface area contributed by atoms with Crippen molar-refractivity contribution in [2.75, 3.05) is 19.9 Å². The molecule has 0 aliphatic rings. The molecule has 28 heavy (non-hydrogen) atoms. The van der Waals surface area contributed by atoms with Gasteiger partial charge in [-0.2, -0.15) is 0 Å². The second-order valence-electron chi connectivity index (χ2n) is 6.23. The van der Waals surface area contributed by atoms with E-state index in [2.05, 4.69) is 10.2 Å². The van der Waals surface area contributed by atoms with Gasteiger partial charge in [0.05, 0.1) is 18.4 Å². The van der Waals surface area contributed by atoms with E-state index in [4.69, 9.17) is 4.74 Å². The van der Waals surface area contributed by atoms with Crippen LogP contribution in [0.2, 0.25) is 0 Å². The van der Waals surface area contributed by atoms with Crippen LogP contribution in [0.3, 0.4) is 0 Å². The van der Waals surface area contributed by atoms with Gasteiger partial charge in [0, 0.05) is 20.6 Å². The summed E-state index contributed by atoms with van der Waals surface area (Å²) in [4.78, 5) is 14.0. The number of amides is 1. The van der Waals surface area contributed by atoms with E-state index in [9.17, 15) is 9.18 Å². The Labute approximate surface area is 167 Å². The first-order valence-electron chi connectivity index (χ1n) is 8.63. The molecule has 0 bridgehead atoms. The van der Waals surface area contributed by atoms with Gasteiger partial charge < -0.3 is 14.2 Å². The third-order valence-electron chi connectivity index (χ3n) is 4.27. The first-order valence-corrected chi connectivity index (χ1v) is 9.62. The van der Waals surface area contributed by atoms with Crippen LogP contribution in [0.25, 0.3) is 11.4 Å². The maximum Gasteiger partial charge on any atom is 0.233 e. The number of ether oxygens (including phenoxy) is 1. The van der Waals surface area contributed by atoms with E-state index in [0.717, 1.165) is 11.1 Å². The fourth-order valence-corrected chi connectivity index (χ4v) is 3.54. The molecule has 0 N–H and O–H groups in total. The van der Waals surface area contributed by atoms with Gasteiger partial charge in [-0.25, -0.2) is 4.39 Å². The Morgan fingerprint density at radius 3 is 2.61 bits per heavy atom. The average Bonchev–Trinajstić information content (AvgIpc) is 3.08. The predicted molar refractivity (Wildman–Crippen MR) is 107 cm³/mol. The Hall–Kier alpha value is -2.87. The predicted octanol–water partition coefficient (Wildman–Crippen LogP) is 3.38. The van der Waals surface area contributed by atoms with Gasteiger partial charge >= 0.3 is 0 Å². The van der Waals surface area contributed by atoms with E-state index in [1.807, 2.05) is 35.9 Å². The fourth-order valence-electron chi connectivity index (χ4n) is 2.69. The van der Waals surface area contributed by atoms with Crippen molar-refractivity contribution in [3.8, 4) is 17.1 Å². The molecule has 0 radical (unpaired) electrons. The Bertz CT molecular complexity index is 959. The molecule has 0 saturated carbocycles. The number of rotatable bonds is 7. The molecule has 0 fully saturated rings. The summed E-state index contributed by atoms with van der Waals surface area (Å²) in [5.41, 5.74) is 1.71. The molecule has 1 aromatic heterocycles. The number of para-hydroxylation sites is 1. The molecule has 2 aromatic carbocycles. The van der Waals surface area contributed by atoms with E-state index in [1.54, 1.807) is 31.2 Å². The van der Waals surface area contributed by atoms with Crippen LogP contribution in [0.5, 0.6) is 5.75 Å². The van der Waals surface area contributed by atoms with Crippen molar-refractivity contribution < 1.29 is 13.9 Å². The Balaban J connectivity index is 1.64. The Morgan fingerprint density at radius 1 is 1.18 bits per heavy atom. The Kier molecular flexibility index (Phi) is 6.30. The van der Waals surface area contributed by atoms with Crippen LogP contribution < -0.4 is 4.74 Å². The van der Waals surface area contributed by atoms with E-state index < -0.39 is 0 Å². The molecule has 146 valence electrons. The van der Waals surface area contributed by atoms with Crippen LogP contribution >= 0.6 is 11.8 Å². The summed E-state index contributed by atoms with van der Waals surface area (Å²) in [7, 11) is 5.19. The Morgan fingerprint density at radius 2 is 1.89 bits per heavy atom. The van der Waals surface area contributed by atoms with Gasteiger partial charge in [-0.15, -0.1) is 10.2 Å². The summed E-state index contributed by atoms with van der Waals surface area (Å²) in [6, 6.07) is 13.7. The van der Waals surface area contributed by atoms with Crippen molar-refractivity contribution in [1.82, 2.24) is 19.7 Å². The number of thioether (sulfide) groups is 1. The number of carbonyl (C=O) groups excluding carboxylic acids is 1. The smallest absolute Gasteiger partial charge is 0.233 e. The van der Waals surface area contributed by atoms with E-state index in [1.165, 1.54) is 23.9 Å². The first kappa shape index (κ1) is 19.9. The van der Waals surface area contributed by atoms with Crippen LogP contribution in [0.1, 0.15) is 5.56 Å². The van der Waals surface area contributed by atoms with Crippen molar-refractivity contribution in [3.63, 3.8) is 0 Å². The minimum absolute atomic E-state index is 0.0452. The largest absolute Gasteiger partial charge is 0.496 e. The van der Waals surface area contributed by atoms with Crippen molar-refractivity contribution in [1.29, 1.82) is 0 Å². The van der Waals surface area contributed by atoms with Crippen molar-refractivity contribution in [2.45, 2.75) is 11.7 Å². The molecule has 0 aliphatic carbocycles. The number of methoxy groups -OCH3 is 1. The van der Waals surface area contributed by atoms with Crippen molar-refractivity contribution in [2.24, 2.45) is 7.05 Å². The van der Waals surface area contributed by atoms with Crippen LogP contribution in [-0.2, 0) is 18.4 Å². The average molecular weight is 400 g/mol. The quantitative estimate of drug-likeness (QED) is 0.569. The zero-order valence-electron chi connectivity index (χ0n) is 15.9. The highest BCUT2D eigenvalue weighted by Crippen LogP contribution is 2.30. The number of halogens is 1. The molecule has 3 rings (SSSR count). The monoisotopic (exact) mass is 400 g/mol. The number of benzene rings is 2. The molecule has 3 aromatic rings. The normalized spacial score (nSPS) is 10.7. The number of hydrogen-bond donors (Lipinski definition) is 0. The molecule has 6 nitrogen and oxygen atoms in total. The van der Waals surface area contributed by atoms with Gasteiger partial charge in [0.15, 0.2) is 11.0 Å². The zero-order valence-corrected chi connectivity index (χ0v) is 16.7. The van der Waals surface area contributed by atoms with Gasteiger partial charge in [0.2, 0.25) is 5.91 Å². The van der Waals surface area contributed by atoms with Crippen molar-refractivity contribution in [3.05, 3.63) is 59.9 Å². The molecule has 1 amide bonds. The second-order valence-corrected chi connectivity index (χ2v) is 7.17. The van der Waals surface area contributed by atoms with Gasteiger partial charge in [0.25, 0.3) is 0 Å². The van der Waals surface area contributed by atoms with Crippen LogP contribution in [0.4, 0.5) is 4.39 Å². The molecular formula is C20H21FN4O2S. The molecule has 0 unspecified atom stereocenters. The lowest BCUT2D eigenvalue weighted by molar-refractivity contribution is -0.127. The topological polar surface area (TPSA) is 60.3 Å². The lowest BCUT2D eigenvalue weighted by Crippen LogP contribution is -2.27. The molecule has 0 aliphatic heterocycles. The van der Waals surface area contributed by atoms with Gasteiger partial charge in [-0.1, -0.05) is 36.0 Å². The number of carbonyl (C=O) groups is 1. The summed E-state index contributed by atoms with van der Waals surface area (Å²) in [6.07, 6.45) is 0. The van der Waals surface area contributed by atoms with Gasteiger partial charge in [-0.3, -0.25) is 4.79 Å². The first-order chi connectivity index (χ1) is 13.5. The van der Waals surface area contributed by atoms with Crippen molar-refractivity contribution >= 4 is 17.7 Å². The SMILES string of the molecule is COc1ccccc1-c1nnc(SCC(=O)N(C)Cc2ccc(F)cc2)n1C. The molecule has 0 spiro atoms. The minimum atomic E-state index is -0.290. The summed E-state index contributed by atoms with van der Waals surface area (Å²) >= 11 is 1.32. The highest BCUT2D eigenvalue weighted by molar-refractivity contribution is 7.99. The van der Waals surface area contributed by atoms with Crippen LogP contribution in [0, 0.1) is 5.82 Å². The van der Waals surface area contributed by atoms with Gasteiger partial charge in [0.1, 0.15) is 11.6 Å². The number of nitrogens with zero attached hydrogens (tertiary/aromatic N) is 4. The lowest BCUT2D eigenvalue weighted by Gasteiger charge is -2.17. The summed E-state index contributed by atoms with van der Waals surface area (Å²) in [5, 5.41) is 9.09. The highest BCUT2D eigenvalue weighted by atomic mass is 32.2. The van der Waals surface area contributed by atoms with E-state index in [-0.39, 0.29) is 17.5 Å². The van der Waals surface area contributed by atoms with E-state index in [0.29, 0.717) is 23.3 Å². The fraction of sp³-hybridized carbons (Fsp3) is 0.250. The summed E-state index contributed by atoms with van der Waals surface area (Å²) in [6.45, 7) is 0.422.